The SMILES string of the molecule is CC.O=C1OCc2cc(Br)ccc21. The molecule has 0 aromatic heterocycles. The van der Waals surface area contributed by atoms with E-state index in [1.165, 1.54) is 0 Å². The second-order valence-corrected chi connectivity index (χ2v) is 3.29. The van der Waals surface area contributed by atoms with Crippen LogP contribution in [0.5, 0.6) is 0 Å². The van der Waals surface area contributed by atoms with Crippen LogP contribution in [-0.4, -0.2) is 5.97 Å². The van der Waals surface area contributed by atoms with E-state index in [9.17, 15) is 4.79 Å². The molecule has 0 N–H and O–H groups in total. The number of esters is 1. The van der Waals surface area contributed by atoms with Gasteiger partial charge in [-0.15, -0.1) is 0 Å². The van der Waals surface area contributed by atoms with Gasteiger partial charge in [0.05, 0.1) is 5.56 Å². The van der Waals surface area contributed by atoms with Crippen molar-refractivity contribution in [3.8, 4) is 0 Å². The molecule has 0 radical (unpaired) electrons. The highest BCUT2D eigenvalue weighted by Crippen LogP contribution is 2.23. The maximum Gasteiger partial charge on any atom is 0.338 e. The molecule has 1 aromatic carbocycles. The minimum Gasteiger partial charge on any atom is -0.457 e. The third-order valence-electron chi connectivity index (χ3n) is 1.65. The molecule has 70 valence electrons. The molecule has 0 saturated heterocycles. The number of cyclic esters (lactones) is 1. The number of hydrogen-bond donors (Lipinski definition) is 0. The minimum atomic E-state index is -0.215. The molecule has 1 aliphatic heterocycles. The lowest BCUT2D eigenvalue weighted by Gasteiger charge is -1.92. The monoisotopic (exact) mass is 242 g/mol. The van der Waals surface area contributed by atoms with E-state index < -0.39 is 0 Å². The van der Waals surface area contributed by atoms with Gasteiger partial charge in [0.15, 0.2) is 0 Å². The van der Waals surface area contributed by atoms with Crippen molar-refractivity contribution in [2.75, 3.05) is 0 Å². The predicted octanol–water partition coefficient (Wildman–Crippen LogP) is 3.15. The van der Waals surface area contributed by atoms with Crippen LogP contribution in [0.3, 0.4) is 0 Å². The Hall–Kier alpha value is -0.830. The topological polar surface area (TPSA) is 26.3 Å². The van der Waals surface area contributed by atoms with Gasteiger partial charge in [0.1, 0.15) is 6.61 Å². The van der Waals surface area contributed by atoms with Crippen molar-refractivity contribution < 1.29 is 9.53 Å². The van der Waals surface area contributed by atoms with Crippen LogP contribution in [0.15, 0.2) is 22.7 Å². The van der Waals surface area contributed by atoms with Gasteiger partial charge in [-0.05, 0) is 18.2 Å². The van der Waals surface area contributed by atoms with Crippen LogP contribution < -0.4 is 0 Å². The molecule has 0 saturated carbocycles. The Morgan fingerprint density at radius 2 is 2.08 bits per heavy atom. The zero-order chi connectivity index (χ0) is 9.84. The molecule has 0 bridgehead atoms. The highest BCUT2D eigenvalue weighted by atomic mass is 79.9. The molecule has 0 aliphatic carbocycles. The first-order valence-corrected chi connectivity index (χ1v) is 5.02. The minimum absolute atomic E-state index is 0.215. The molecule has 1 aliphatic rings. The second-order valence-electron chi connectivity index (χ2n) is 2.38. The summed E-state index contributed by atoms with van der Waals surface area (Å²) in [4.78, 5) is 10.9. The van der Waals surface area contributed by atoms with Crippen molar-refractivity contribution in [3.63, 3.8) is 0 Å². The van der Waals surface area contributed by atoms with Gasteiger partial charge in [-0.1, -0.05) is 29.8 Å². The lowest BCUT2D eigenvalue weighted by molar-refractivity contribution is 0.0535. The summed E-state index contributed by atoms with van der Waals surface area (Å²) in [6, 6.07) is 5.51. The van der Waals surface area contributed by atoms with Crippen LogP contribution >= 0.6 is 15.9 Å². The first-order chi connectivity index (χ1) is 6.27. The van der Waals surface area contributed by atoms with Gasteiger partial charge in [0.2, 0.25) is 0 Å². The molecule has 0 atom stereocenters. The maximum absolute atomic E-state index is 10.9. The van der Waals surface area contributed by atoms with Crippen LogP contribution in [-0.2, 0) is 11.3 Å². The quantitative estimate of drug-likeness (QED) is 0.654. The number of carbonyl (C=O) groups is 1. The van der Waals surface area contributed by atoms with Crippen molar-refractivity contribution in [2.24, 2.45) is 0 Å². The van der Waals surface area contributed by atoms with Crippen molar-refractivity contribution in [1.82, 2.24) is 0 Å². The number of halogens is 1. The molecule has 3 heteroatoms. The van der Waals surface area contributed by atoms with Gasteiger partial charge >= 0.3 is 5.97 Å². The van der Waals surface area contributed by atoms with Crippen LogP contribution in [0, 0.1) is 0 Å². The van der Waals surface area contributed by atoms with E-state index in [-0.39, 0.29) is 5.97 Å². The summed E-state index contributed by atoms with van der Waals surface area (Å²) in [6.07, 6.45) is 0. The highest BCUT2D eigenvalue weighted by molar-refractivity contribution is 9.10. The number of benzene rings is 1. The zero-order valence-corrected chi connectivity index (χ0v) is 9.22. The van der Waals surface area contributed by atoms with E-state index in [4.69, 9.17) is 4.74 Å². The van der Waals surface area contributed by atoms with Crippen molar-refractivity contribution in [3.05, 3.63) is 33.8 Å². The molecule has 1 heterocycles. The Morgan fingerprint density at radius 1 is 1.38 bits per heavy atom. The van der Waals surface area contributed by atoms with Gasteiger partial charge in [-0.25, -0.2) is 4.79 Å². The van der Waals surface area contributed by atoms with Gasteiger partial charge in [-0.3, -0.25) is 0 Å². The predicted molar refractivity (Wildman–Crippen MR) is 54.6 cm³/mol. The van der Waals surface area contributed by atoms with Gasteiger partial charge in [0.25, 0.3) is 0 Å². The lowest BCUT2D eigenvalue weighted by Crippen LogP contribution is -1.92. The third kappa shape index (κ3) is 2.10. The zero-order valence-electron chi connectivity index (χ0n) is 7.63. The van der Waals surface area contributed by atoms with Crippen molar-refractivity contribution in [2.45, 2.75) is 20.5 Å². The summed E-state index contributed by atoms with van der Waals surface area (Å²) in [5.74, 6) is -0.215. The average molecular weight is 243 g/mol. The molecular formula is C10H11BrO2. The molecule has 0 unspecified atom stereocenters. The maximum atomic E-state index is 10.9. The van der Waals surface area contributed by atoms with E-state index in [1.54, 1.807) is 6.07 Å². The fourth-order valence-electron chi connectivity index (χ4n) is 1.10. The Kier molecular flexibility index (Phi) is 3.48. The normalized spacial score (nSPS) is 12.7. The Labute approximate surface area is 86.0 Å². The first-order valence-electron chi connectivity index (χ1n) is 4.23. The van der Waals surface area contributed by atoms with Gasteiger partial charge in [-0.2, -0.15) is 0 Å². The number of fused-ring (bicyclic) bond motifs is 1. The van der Waals surface area contributed by atoms with Gasteiger partial charge < -0.3 is 4.74 Å². The molecule has 1 aromatic rings. The molecule has 2 rings (SSSR count). The molecule has 0 amide bonds. The smallest absolute Gasteiger partial charge is 0.338 e. The van der Waals surface area contributed by atoms with E-state index in [1.807, 2.05) is 26.0 Å². The third-order valence-corrected chi connectivity index (χ3v) is 2.14. The fraction of sp³-hybridized carbons (Fsp3) is 0.300. The average Bonchev–Trinajstić information content (AvgIpc) is 2.51. The number of hydrogen-bond acceptors (Lipinski definition) is 2. The number of ether oxygens (including phenoxy) is 1. The standard InChI is InChI=1S/C8H5BrO2.C2H6/c9-6-1-2-7-5(3-6)4-11-8(7)10;1-2/h1-3H,4H2;1-2H3. The molecule has 0 spiro atoms. The summed E-state index contributed by atoms with van der Waals surface area (Å²) in [5.41, 5.74) is 1.65. The molecule has 0 fully saturated rings. The second kappa shape index (κ2) is 4.42. The van der Waals surface area contributed by atoms with Crippen LogP contribution in [0.2, 0.25) is 0 Å². The van der Waals surface area contributed by atoms with Crippen molar-refractivity contribution in [1.29, 1.82) is 0 Å². The summed E-state index contributed by atoms with van der Waals surface area (Å²) >= 11 is 3.32. The fourth-order valence-corrected chi connectivity index (χ4v) is 1.51. The van der Waals surface area contributed by atoms with Crippen LogP contribution in [0.25, 0.3) is 0 Å². The molecule has 13 heavy (non-hydrogen) atoms. The Balaban J connectivity index is 0.000000396. The summed E-state index contributed by atoms with van der Waals surface area (Å²) < 4.78 is 5.80. The Morgan fingerprint density at radius 3 is 2.77 bits per heavy atom. The number of rotatable bonds is 0. The van der Waals surface area contributed by atoms with Crippen molar-refractivity contribution >= 4 is 21.9 Å². The highest BCUT2D eigenvalue weighted by Gasteiger charge is 2.20. The lowest BCUT2D eigenvalue weighted by atomic mass is 10.1. The first kappa shape index (κ1) is 10.3. The number of carbonyl (C=O) groups excluding carboxylic acids is 1. The summed E-state index contributed by atoms with van der Waals surface area (Å²) in [7, 11) is 0. The van der Waals surface area contributed by atoms with Crippen LogP contribution in [0.4, 0.5) is 0 Å². The largest absolute Gasteiger partial charge is 0.457 e. The van der Waals surface area contributed by atoms with E-state index in [0.29, 0.717) is 12.2 Å². The van der Waals surface area contributed by atoms with E-state index in [2.05, 4.69) is 15.9 Å². The van der Waals surface area contributed by atoms with Crippen LogP contribution in [0.1, 0.15) is 29.8 Å². The summed E-state index contributed by atoms with van der Waals surface area (Å²) in [6.45, 7) is 4.41. The summed E-state index contributed by atoms with van der Waals surface area (Å²) in [5, 5.41) is 0. The van der Waals surface area contributed by atoms with E-state index in [0.717, 1.165) is 10.0 Å². The van der Waals surface area contributed by atoms with Gasteiger partial charge in [0, 0.05) is 10.0 Å². The van der Waals surface area contributed by atoms with E-state index >= 15 is 0 Å². The Bertz CT molecular complexity index is 321. The molecule has 2 nitrogen and oxygen atoms in total. The molecular weight excluding hydrogens is 232 g/mol.